The van der Waals surface area contributed by atoms with E-state index in [0.717, 1.165) is 0 Å². The van der Waals surface area contributed by atoms with Crippen LogP contribution in [0.5, 0.6) is 5.75 Å². The summed E-state index contributed by atoms with van der Waals surface area (Å²) in [4.78, 5) is 15.3. The first-order valence-corrected chi connectivity index (χ1v) is 6.18. The molecule has 1 amide bonds. The highest BCUT2D eigenvalue weighted by atomic mass is 19.4. The Labute approximate surface area is 123 Å². The smallest absolute Gasteiger partial charge is 0.405 e. The molecular weight excluding hydrogens is 303 g/mol. The summed E-state index contributed by atoms with van der Waals surface area (Å²) in [6.45, 7) is -1.40. The highest BCUT2D eigenvalue weighted by Crippen LogP contribution is 2.21. The van der Waals surface area contributed by atoms with Crippen LogP contribution < -0.4 is 10.1 Å². The fourth-order valence-electron chi connectivity index (χ4n) is 1.60. The van der Waals surface area contributed by atoms with Crippen molar-refractivity contribution in [2.45, 2.75) is 12.6 Å². The number of halogens is 3. The highest BCUT2D eigenvalue weighted by Gasteiger charge is 2.28. The predicted octanol–water partition coefficient (Wildman–Crippen LogP) is 1.97. The summed E-state index contributed by atoms with van der Waals surface area (Å²) in [6.07, 6.45) is -4.89. The van der Waals surface area contributed by atoms with Crippen LogP contribution in [0.2, 0.25) is 0 Å². The van der Waals surface area contributed by atoms with Gasteiger partial charge in [0, 0.05) is 5.56 Å². The van der Waals surface area contributed by atoms with Crippen LogP contribution in [0.1, 0.15) is 5.89 Å². The van der Waals surface area contributed by atoms with E-state index in [1.165, 1.54) is 7.11 Å². The first-order chi connectivity index (χ1) is 10.4. The minimum atomic E-state index is -4.46. The number of nitrogens with zero attached hydrogens (tertiary/aromatic N) is 2. The second-order valence-corrected chi connectivity index (χ2v) is 4.31. The molecule has 0 saturated heterocycles. The van der Waals surface area contributed by atoms with Gasteiger partial charge in [-0.1, -0.05) is 17.3 Å². The van der Waals surface area contributed by atoms with Gasteiger partial charge in [0.05, 0.1) is 7.11 Å². The number of hydrogen-bond acceptors (Lipinski definition) is 5. The molecule has 1 aromatic heterocycles. The van der Waals surface area contributed by atoms with Gasteiger partial charge < -0.3 is 14.6 Å². The number of benzene rings is 1. The largest absolute Gasteiger partial charge is 0.497 e. The van der Waals surface area contributed by atoms with Crippen LogP contribution in [0, 0.1) is 0 Å². The van der Waals surface area contributed by atoms with Crippen LogP contribution in [0.15, 0.2) is 28.8 Å². The molecule has 9 heteroatoms. The molecule has 1 N–H and O–H groups in total. The first-order valence-electron chi connectivity index (χ1n) is 6.18. The molecule has 0 bridgehead atoms. The van der Waals surface area contributed by atoms with Crippen molar-refractivity contribution in [3.05, 3.63) is 30.2 Å². The summed E-state index contributed by atoms with van der Waals surface area (Å²) in [7, 11) is 1.51. The maximum atomic E-state index is 12.0. The van der Waals surface area contributed by atoms with E-state index in [9.17, 15) is 18.0 Å². The van der Waals surface area contributed by atoms with E-state index in [1.807, 2.05) is 0 Å². The second-order valence-electron chi connectivity index (χ2n) is 4.31. The normalized spacial score (nSPS) is 11.3. The molecule has 22 heavy (non-hydrogen) atoms. The fourth-order valence-corrected chi connectivity index (χ4v) is 1.60. The minimum absolute atomic E-state index is 0.0718. The molecule has 1 aromatic carbocycles. The summed E-state index contributed by atoms with van der Waals surface area (Å²) in [5, 5.41) is 5.41. The van der Waals surface area contributed by atoms with Crippen molar-refractivity contribution in [3.63, 3.8) is 0 Å². The Kier molecular flexibility index (Phi) is 4.64. The van der Waals surface area contributed by atoms with Crippen molar-refractivity contribution in [1.82, 2.24) is 15.5 Å². The van der Waals surface area contributed by atoms with Gasteiger partial charge in [0.15, 0.2) is 0 Å². The van der Waals surface area contributed by atoms with E-state index in [1.54, 1.807) is 29.6 Å². The van der Waals surface area contributed by atoms with Gasteiger partial charge in [-0.2, -0.15) is 18.2 Å². The van der Waals surface area contributed by atoms with Crippen molar-refractivity contribution in [1.29, 1.82) is 0 Å². The molecule has 1 heterocycles. The minimum Gasteiger partial charge on any atom is -0.497 e. The van der Waals surface area contributed by atoms with Crippen molar-refractivity contribution >= 4 is 5.91 Å². The molecule has 0 aliphatic rings. The number of amides is 1. The summed E-state index contributed by atoms with van der Waals surface area (Å²) >= 11 is 0. The third-order valence-electron chi connectivity index (χ3n) is 2.59. The van der Waals surface area contributed by atoms with Crippen LogP contribution in [0.4, 0.5) is 13.2 Å². The number of methoxy groups -OCH3 is 1. The number of carbonyl (C=O) groups is 1. The summed E-state index contributed by atoms with van der Waals surface area (Å²) in [6, 6.07) is 6.83. The third kappa shape index (κ3) is 4.47. The lowest BCUT2D eigenvalue weighted by atomic mass is 10.2. The van der Waals surface area contributed by atoms with Crippen molar-refractivity contribution in [2.24, 2.45) is 0 Å². The third-order valence-corrected chi connectivity index (χ3v) is 2.59. The van der Waals surface area contributed by atoms with Gasteiger partial charge in [-0.3, -0.25) is 4.79 Å². The van der Waals surface area contributed by atoms with Crippen LogP contribution in [-0.4, -0.2) is 35.9 Å². The summed E-state index contributed by atoms with van der Waals surface area (Å²) in [5.74, 6) is -0.111. The van der Waals surface area contributed by atoms with E-state index < -0.39 is 25.0 Å². The van der Waals surface area contributed by atoms with Crippen molar-refractivity contribution < 1.29 is 27.2 Å². The number of carbonyl (C=O) groups excluding carboxylic acids is 1. The van der Waals surface area contributed by atoms with Crippen molar-refractivity contribution in [2.75, 3.05) is 13.7 Å². The molecule has 0 unspecified atom stereocenters. The average Bonchev–Trinajstić information content (AvgIpc) is 2.93. The average molecular weight is 315 g/mol. The van der Waals surface area contributed by atoms with Gasteiger partial charge in [0.2, 0.25) is 17.6 Å². The second kappa shape index (κ2) is 6.46. The summed E-state index contributed by atoms with van der Waals surface area (Å²) < 4.78 is 45.8. The monoisotopic (exact) mass is 315 g/mol. The zero-order chi connectivity index (χ0) is 16.2. The molecule has 0 fully saturated rings. The topological polar surface area (TPSA) is 77.2 Å². The maximum absolute atomic E-state index is 12.0. The van der Waals surface area contributed by atoms with Crippen LogP contribution in [0.3, 0.4) is 0 Å². The SMILES string of the molecule is COc1cccc(-c2noc(CC(=O)NCC(F)(F)F)n2)c1. The molecule has 0 radical (unpaired) electrons. The molecule has 0 spiro atoms. The molecule has 0 aliphatic carbocycles. The Morgan fingerprint density at radius 1 is 1.41 bits per heavy atom. The Hall–Kier alpha value is -2.58. The lowest BCUT2D eigenvalue weighted by Gasteiger charge is -2.06. The van der Waals surface area contributed by atoms with E-state index in [-0.39, 0.29) is 11.7 Å². The van der Waals surface area contributed by atoms with E-state index in [4.69, 9.17) is 9.26 Å². The number of aromatic nitrogens is 2. The molecular formula is C13H12F3N3O3. The Morgan fingerprint density at radius 2 is 2.18 bits per heavy atom. The first kappa shape index (κ1) is 15.8. The van der Waals surface area contributed by atoms with E-state index >= 15 is 0 Å². The number of rotatable bonds is 5. The molecule has 118 valence electrons. The molecule has 0 aliphatic heterocycles. The Morgan fingerprint density at radius 3 is 2.86 bits per heavy atom. The molecule has 6 nitrogen and oxygen atoms in total. The molecule has 0 atom stereocenters. The lowest BCUT2D eigenvalue weighted by Crippen LogP contribution is -2.34. The van der Waals surface area contributed by atoms with Crippen LogP contribution >= 0.6 is 0 Å². The predicted molar refractivity (Wildman–Crippen MR) is 69.1 cm³/mol. The Balaban J connectivity index is 2.00. The van der Waals surface area contributed by atoms with E-state index in [0.29, 0.717) is 11.3 Å². The number of ether oxygens (including phenoxy) is 1. The molecule has 0 saturated carbocycles. The quantitative estimate of drug-likeness (QED) is 0.913. The fraction of sp³-hybridized carbons (Fsp3) is 0.308. The number of alkyl halides is 3. The highest BCUT2D eigenvalue weighted by molar-refractivity contribution is 5.77. The standard InChI is InChI=1S/C13H12F3N3O3/c1-21-9-4-2-3-8(5-9)12-18-11(22-19-12)6-10(20)17-7-13(14,15)16/h2-5H,6-7H2,1H3,(H,17,20). The van der Waals surface area contributed by atoms with Crippen molar-refractivity contribution in [3.8, 4) is 17.1 Å². The van der Waals surface area contributed by atoms with Crippen LogP contribution in [-0.2, 0) is 11.2 Å². The molecule has 2 aromatic rings. The van der Waals surface area contributed by atoms with Gasteiger partial charge in [-0.15, -0.1) is 0 Å². The lowest BCUT2D eigenvalue weighted by molar-refractivity contribution is -0.138. The zero-order valence-corrected chi connectivity index (χ0v) is 11.5. The zero-order valence-electron chi connectivity index (χ0n) is 11.5. The van der Waals surface area contributed by atoms with Gasteiger partial charge in [0.1, 0.15) is 18.7 Å². The maximum Gasteiger partial charge on any atom is 0.405 e. The van der Waals surface area contributed by atoms with Gasteiger partial charge >= 0.3 is 6.18 Å². The number of nitrogens with one attached hydrogen (secondary N) is 1. The van der Waals surface area contributed by atoms with Crippen LogP contribution in [0.25, 0.3) is 11.4 Å². The van der Waals surface area contributed by atoms with Gasteiger partial charge in [-0.25, -0.2) is 0 Å². The number of hydrogen-bond donors (Lipinski definition) is 1. The van der Waals surface area contributed by atoms with Gasteiger partial charge in [0.25, 0.3) is 0 Å². The van der Waals surface area contributed by atoms with Gasteiger partial charge in [-0.05, 0) is 12.1 Å². The Bertz CT molecular complexity index is 655. The summed E-state index contributed by atoms with van der Waals surface area (Å²) in [5.41, 5.74) is 0.602. The van der Waals surface area contributed by atoms with E-state index in [2.05, 4.69) is 10.1 Å². The molecule has 2 rings (SSSR count).